The van der Waals surface area contributed by atoms with Crippen molar-refractivity contribution >= 4 is 17.6 Å². The van der Waals surface area contributed by atoms with Gasteiger partial charge in [0, 0.05) is 17.1 Å². The predicted molar refractivity (Wildman–Crippen MR) is 84.7 cm³/mol. The third-order valence-electron chi connectivity index (χ3n) is 4.25. The molecule has 0 aromatic heterocycles. The maximum Gasteiger partial charge on any atom is 0.492 e. The second-order valence-corrected chi connectivity index (χ2v) is 6.63. The van der Waals surface area contributed by atoms with Gasteiger partial charge in [-0.25, -0.2) is 4.79 Å². The smallest absolute Gasteiger partial charge is 0.424 e. The van der Waals surface area contributed by atoms with Crippen LogP contribution in [0.1, 0.15) is 38.5 Å². The lowest BCUT2D eigenvalue weighted by Crippen LogP contribution is -2.66. The Balaban J connectivity index is 1.73. The Kier molecular flexibility index (Phi) is 4.90. The number of nitrogens with one attached hydrogen (secondary N) is 2. The molecule has 1 aromatic carbocycles. The number of hydrogen-bond acceptors (Lipinski definition) is 3. The van der Waals surface area contributed by atoms with E-state index in [1.807, 2.05) is 0 Å². The average Bonchev–Trinajstić information content (AvgIpc) is 2.69. The molecule has 0 spiro atoms. The van der Waals surface area contributed by atoms with E-state index in [9.17, 15) is 18.0 Å². The van der Waals surface area contributed by atoms with Crippen molar-refractivity contribution in [1.29, 1.82) is 0 Å². The SMILES string of the molecule is O=C(NC1CCCCCC1)N[C@]1(C(F)(F)F)Oc2ccc(Cl)cc2O1. The van der Waals surface area contributed by atoms with Gasteiger partial charge in [-0.05, 0) is 25.0 Å². The number of alkyl halides is 3. The molecule has 5 nitrogen and oxygen atoms in total. The third-order valence-corrected chi connectivity index (χ3v) is 4.49. The molecule has 1 aliphatic carbocycles. The lowest BCUT2D eigenvalue weighted by molar-refractivity contribution is -0.317. The van der Waals surface area contributed by atoms with Crippen LogP contribution in [0.5, 0.6) is 11.5 Å². The Hall–Kier alpha value is -1.83. The first-order chi connectivity index (χ1) is 11.8. The average molecular weight is 379 g/mol. The van der Waals surface area contributed by atoms with Crippen molar-refractivity contribution in [3.8, 4) is 11.5 Å². The molecule has 3 rings (SSSR count). The Morgan fingerprint density at radius 2 is 1.76 bits per heavy atom. The van der Waals surface area contributed by atoms with E-state index in [0.29, 0.717) is 0 Å². The zero-order valence-electron chi connectivity index (χ0n) is 13.3. The van der Waals surface area contributed by atoms with E-state index < -0.39 is 18.1 Å². The topological polar surface area (TPSA) is 59.6 Å². The molecule has 1 aliphatic heterocycles. The molecular weight excluding hydrogens is 361 g/mol. The van der Waals surface area contributed by atoms with E-state index in [1.54, 1.807) is 5.32 Å². The van der Waals surface area contributed by atoms with Crippen LogP contribution in [-0.4, -0.2) is 24.2 Å². The molecule has 0 bridgehead atoms. The van der Waals surface area contributed by atoms with E-state index >= 15 is 0 Å². The van der Waals surface area contributed by atoms with Crippen LogP contribution in [0.4, 0.5) is 18.0 Å². The maximum atomic E-state index is 13.6. The Bertz CT molecular complexity index is 648. The monoisotopic (exact) mass is 378 g/mol. The minimum Gasteiger partial charge on any atom is -0.424 e. The molecule has 1 atom stereocenters. The third kappa shape index (κ3) is 3.89. The highest BCUT2D eigenvalue weighted by Gasteiger charge is 2.65. The molecule has 0 unspecified atom stereocenters. The lowest BCUT2D eigenvalue weighted by Gasteiger charge is -2.30. The van der Waals surface area contributed by atoms with Gasteiger partial charge >= 0.3 is 18.1 Å². The van der Waals surface area contributed by atoms with Crippen LogP contribution in [-0.2, 0) is 0 Å². The van der Waals surface area contributed by atoms with Gasteiger partial charge in [-0.15, -0.1) is 0 Å². The molecule has 1 fully saturated rings. The zero-order valence-corrected chi connectivity index (χ0v) is 14.0. The minimum absolute atomic E-state index is 0.142. The van der Waals surface area contributed by atoms with Gasteiger partial charge < -0.3 is 14.8 Å². The molecule has 25 heavy (non-hydrogen) atoms. The summed E-state index contributed by atoms with van der Waals surface area (Å²) in [6.45, 7) is 0. The largest absolute Gasteiger partial charge is 0.492 e. The number of halogens is 4. The van der Waals surface area contributed by atoms with E-state index in [0.717, 1.165) is 38.5 Å². The summed E-state index contributed by atoms with van der Waals surface area (Å²) in [7, 11) is 0. The molecule has 1 saturated carbocycles. The van der Waals surface area contributed by atoms with E-state index in [4.69, 9.17) is 21.1 Å². The Morgan fingerprint density at radius 1 is 1.12 bits per heavy atom. The minimum atomic E-state index is -4.99. The molecule has 2 amide bonds. The number of carbonyl (C=O) groups is 1. The predicted octanol–water partition coefficient (Wildman–Crippen LogP) is 4.35. The summed E-state index contributed by atoms with van der Waals surface area (Å²) in [5, 5.41) is 4.59. The standard InChI is InChI=1S/C16H18ClF3N2O3/c17-10-7-8-12-13(9-10)25-16(24-12,15(18,19)20)22-14(23)21-11-5-3-1-2-4-6-11/h7-9,11H,1-6H2,(H2,21,22,23)/t16-/m1/s1. The molecule has 9 heteroatoms. The number of ether oxygens (including phenoxy) is 2. The lowest BCUT2D eigenvalue weighted by atomic mass is 10.1. The summed E-state index contributed by atoms with van der Waals surface area (Å²) >= 11 is 5.76. The van der Waals surface area contributed by atoms with Crippen molar-refractivity contribution in [3.63, 3.8) is 0 Å². The molecule has 138 valence electrons. The van der Waals surface area contributed by atoms with Gasteiger partial charge in [0.25, 0.3) is 0 Å². The Labute approximate surface area is 147 Å². The van der Waals surface area contributed by atoms with Crippen molar-refractivity contribution in [1.82, 2.24) is 10.6 Å². The maximum absolute atomic E-state index is 13.6. The van der Waals surface area contributed by atoms with Crippen molar-refractivity contribution in [2.75, 3.05) is 0 Å². The highest BCUT2D eigenvalue weighted by atomic mass is 35.5. The fraction of sp³-hybridized carbons (Fsp3) is 0.562. The first kappa shape index (κ1) is 18.0. The number of rotatable bonds is 2. The van der Waals surface area contributed by atoms with Crippen LogP contribution in [0, 0.1) is 0 Å². The zero-order chi connectivity index (χ0) is 18.1. The highest BCUT2D eigenvalue weighted by molar-refractivity contribution is 6.30. The molecule has 1 aromatic rings. The first-order valence-electron chi connectivity index (χ1n) is 8.12. The van der Waals surface area contributed by atoms with Gasteiger partial charge in [0.1, 0.15) is 0 Å². The van der Waals surface area contributed by atoms with Crippen LogP contribution in [0.2, 0.25) is 5.02 Å². The fourth-order valence-electron chi connectivity index (χ4n) is 3.01. The van der Waals surface area contributed by atoms with E-state index in [-0.39, 0.29) is 22.6 Å². The number of carbonyl (C=O) groups excluding carboxylic acids is 1. The second kappa shape index (κ2) is 6.82. The highest BCUT2D eigenvalue weighted by Crippen LogP contribution is 2.46. The number of hydrogen-bond donors (Lipinski definition) is 2. The van der Waals surface area contributed by atoms with E-state index in [2.05, 4.69) is 5.32 Å². The molecule has 0 saturated heterocycles. The molecule has 2 N–H and O–H groups in total. The van der Waals surface area contributed by atoms with Crippen LogP contribution < -0.4 is 20.1 Å². The number of fused-ring (bicyclic) bond motifs is 1. The van der Waals surface area contributed by atoms with Crippen molar-refractivity contribution in [3.05, 3.63) is 23.2 Å². The van der Waals surface area contributed by atoms with Gasteiger partial charge in [0.15, 0.2) is 11.5 Å². The summed E-state index contributed by atoms with van der Waals surface area (Å²) in [4.78, 5) is 12.1. The van der Waals surface area contributed by atoms with Crippen LogP contribution in [0.3, 0.4) is 0 Å². The summed E-state index contributed by atoms with van der Waals surface area (Å²) in [5.41, 5.74) is 0. The summed E-state index contributed by atoms with van der Waals surface area (Å²) < 4.78 is 50.5. The fourth-order valence-corrected chi connectivity index (χ4v) is 3.17. The van der Waals surface area contributed by atoms with Gasteiger partial charge in [-0.2, -0.15) is 13.2 Å². The first-order valence-corrected chi connectivity index (χ1v) is 8.50. The van der Waals surface area contributed by atoms with Gasteiger partial charge in [-0.3, -0.25) is 5.32 Å². The molecule has 0 radical (unpaired) electrons. The van der Waals surface area contributed by atoms with Gasteiger partial charge in [-0.1, -0.05) is 37.3 Å². The van der Waals surface area contributed by atoms with Crippen LogP contribution in [0.15, 0.2) is 18.2 Å². The summed E-state index contributed by atoms with van der Waals surface area (Å²) in [5.74, 6) is -3.59. The molecule has 1 heterocycles. The summed E-state index contributed by atoms with van der Waals surface area (Å²) in [6, 6.07) is 2.70. The van der Waals surface area contributed by atoms with Crippen LogP contribution in [0.25, 0.3) is 0 Å². The quantitative estimate of drug-likeness (QED) is 0.752. The van der Waals surface area contributed by atoms with Crippen molar-refractivity contribution in [2.24, 2.45) is 0 Å². The normalized spacial score (nSPS) is 23.8. The number of urea groups is 1. The number of benzene rings is 1. The molecular formula is C16H18ClF3N2O3. The van der Waals surface area contributed by atoms with Gasteiger partial charge in [0.05, 0.1) is 0 Å². The molecule has 2 aliphatic rings. The van der Waals surface area contributed by atoms with E-state index in [1.165, 1.54) is 18.2 Å². The van der Waals surface area contributed by atoms with Gasteiger partial charge in [0.2, 0.25) is 0 Å². The van der Waals surface area contributed by atoms with Crippen LogP contribution >= 0.6 is 11.6 Å². The number of amides is 2. The van der Waals surface area contributed by atoms with Crippen molar-refractivity contribution < 1.29 is 27.4 Å². The second-order valence-electron chi connectivity index (χ2n) is 6.20. The Morgan fingerprint density at radius 3 is 2.40 bits per heavy atom. The van der Waals surface area contributed by atoms with Crippen molar-refractivity contribution in [2.45, 2.75) is 56.7 Å². The summed E-state index contributed by atoms with van der Waals surface area (Å²) in [6.07, 6.45) is 0.495.